The number of hydrogen-bond acceptors (Lipinski definition) is 10. The number of carbonyl (C=O) groups excluding carboxylic acids is 6. The van der Waals surface area contributed by atoms with Gasteiger partial charge in [-0.15, -0.1) is 0 Å². The fourth-order valence-corrected chi connectivity index (χ4v) is 6.83. The van der Waals surface area contributed by atoms with Crippen molar-refractivity contribution in [1.82, 2.24) is 0 Å². The highest BCUT2D eigenvalue weighted by Gasteiger charge is 2.46. The van der Waals surface area contributed by atoms with Crippen molar-refractivity contribution in [2.24, 2.45) is 11.8 Å². The standard InChI is InChI=1S/C34H24N2O10S/c1-45-19-7-3-5-17(13-19)35-33(41)27-29(37)23-11-9-21(15-25(23)31(27)39)47(43,44)22-10-12-24-26(16-22)32(40)28(30(24)38)34(42)36-18-6-4-8-20(14-18)46-2/h3-16,27-28H,1-2H3,(H,35,41)(H,36,42). The van der Waals surface area contributed by atoms with Gasteiger partial charge in [-0.1, -0.05) is 12.1 Å². The summed E-state index contributed by atoms with van der Waals surface area (Å²) >= 11 is 0. The molecule has 0 radical (unpaired) electrons. The quantitative estimate of drug-likeness (QED) is 0.266. The molecule has 2 aliphatic carbocycles. The third-order valence-electron chi connectivity index (χ3n) is 7.91. The largest absolute Gasteiger partial charge is 0.497 e. The molecule has 13 heteroatoms. The van der Waals surface area contributed by atoms with Crippen LogP contribution < -0.4 is 20.1 Å². The summed E-state index contributed by atoms with van der Waals surface area (Å²) < 4.78 is 37.6. The molecule has 2 N–H and O–H groups in total. The number of amides is 2. The topological polar surface area (TPSA) is 179 Å². The van der Waals surface area contributed by atoms with Crippen LogP contribution in [-0.2, 0) is 19.4 Å². The van der Waals surface area contributed by atoms with Crippen molar-refractivity contribution in [2.45, 2.75) is 9.79 Å². The van der Waals surface area contributed by atoms with Crippen LogP contribution >= 0.6 is 0 Å². The number of ether oxygens (including phenoxy) is 2. The van der Waals surface area contributed by atoms with Gasteiger partial charge in [0.1, 0.15) is 11.5 Å². The molecule has 0 fully saturated rings. The lowest BCUT2D eigenvalue weighted by molar-refractivity contribution is -0.118. The fourth-order valence-electron chi connectivity index (χ4n) is 5.52. The lowest BCUT2D eigenvalue weighted by Gasteiger charge is -2.10. The molecule has 0 bridgehead atoms. The van der Waals surface area contributed by atoms with Crippen molar-refractivity contribution in [3.8, 4) is 11.5 Å². The molecular weight excluding hydrogens is 628 g/mol. The molecule has 0 saturated heterocycles. The van der Waals surface area contributed by atoms with Crippen LogP contribution in [0, 0.1) is 11.8 Å². The van der Waals surface area contributed by atoms with Crippen molar-refractivity contribution >= 4 is 56.2 Å². The highest BCUT2D eigenvalue weighted by atomic mass is 32.2. The molecule has 6 rings (SSSR count). The van der Waals surface area contributed by atoms with E-state index in [9.17, 15) is 37.2 Å². The third-order valence-corrected chi connectivity index (χ3v) is 9.66. The maximum absolute atomic E-state index is 13.7. The molecule has 0 spiro atoms. The maximum Gasteiger partial charge on any atom is 0.243 e. The number of rotatable bonds is 8. The highest BCUT2D eigenvalue weighted by molar-refractivity contribution is 7.91. The molecule has 2 atom stereocenters. The molecule has 12 nitrogen and oxygen atoms in total. The first-order valence-electron chi connectivity index (χ1n) is 14.0. The van der Waals surface area contributed by atoms with Crippen LogP contribution in [0.4, 0.5) is 11.4 Å². The summed E-state index contributed by atoms with van der Waals surface area (Å²) in [6, 6.07) is 19.2. The number of ketones is 4. The lowest BCUT2D eigenvalue weighted by atomic mass is 10.0. The summed E-state index contributed by atoms with van der Waals surface area (Å²) in [7, 11) is -1.53. The van der Waals surface area contributed by atoms with Crippen molar-refractivity contribution < 1.29 is 46.7 Å². The first-order chi connectivity index (χ1) is 22.4. The summed E-state index contributed by atoms with van der Waals surface area (Å²) in [5, 5.41) is 5.03. The number of methoxy groups -OCH3 is 2. The molecular formula is C34H24N2O10S. The number of Topliss-reactive ketones (excluding diaryl/α,β-unsaturated/α-hetero) is 4. The predicted octanol–water partition coefficient (Wildman–Crippen LogP) is 3.80. The van der Waals surface area contributed by atoms with Crippen LogP contribution in [0.5, 0.6) is 11.5 Å². The van der Waals surface area contributed by atoms with E-state index in [1.807, 2.05) is 0 Å². The van der Waals surface area contributed by atoms with E-state index in [4.69, 9.17) is 9.47 Å². The summed E-state index contributed by atoms with van der Waals surface area (Å²) in [5.41, 5.74) is -0.136. The first-order valence-corrected chi connectivity index (χ1v) is 15.5. The molecule has 2 unspecified atom stereocenters. The number of benzene rings is 4. The van der Waals surface area contributed by atoms with E-state index in [-0.39, 0.29) is 32.0 Å². The average Bonchev–Trinajstić information content (AvgIpc) is 3.47. The van der Waals surface area contributed by atoms with Crippen molar-refractivity contribution in [3.05, 3.63) is 107 Å². The minimum absolute atomic E-state index is 0.112. The summed E-state index contributed by atoms with van der Waals surface area (Å²) in [5.74, 6) is -7.66. The minimum atomic E-state index is -4.41. The average molecular weight is 653 g/mol. The van der Waals surface area contributed by atoms with Crippen molar-refractivity contribution in [3.63, 3.8) is 0 Å². The number of fused-ring (bicyclic) bond motifs is 2. The van der Waals surface area contributed by atoms with Crippen LogP contribution in [-0.4, -0.2) is 57.6 Å². The SMILES string of the molecule is COc1cccc(NC(=O)C2C(=O)c3ccc(S(=O)(=O)c4ccc5c(c4)C(=O)C(C(=O)Nc4cccc(OC)c4)C5=O)cc3C2=O)c1. The van der Waals surface area contributed by atoms with Crippen LogP contribution in [0.2, 0.25) is 0 Å². The molecule has 0 aromatic heterocycles. The number of nitrogens with one attached hydrogen (secondary N) is 2. The third kappa shape index (κ3) is 5.36. The van der Waals surface area contributed by atoms with Gasteiger partial charge in [-0.05, 0) is 60.7 Å². The predicted molar refractivity (Wildman–Crippen MR) is 166 cm³/mol. The molecule has 0 saturated carbocycles. The number of hydrogen-bond donors (Lipinski definition) is 2. The van der Waals surface area contributed by atoms with Gasteiger partial charge in [-0.25, -0.2) is 8.42 Å². The van der Waals surface area contributed by atoms with Gasteiger partial charge in [0.25, 0.3) is 0 Å². The fraction of sp³-hybridized carbons (Fsp3) is 0.118. The molecule has 236 valence electrons. The number of carbonyl (C=O) groups is 6. The van der Waals surface area contributed by atoms with E-state index >= 15 is 0 Å². The second kappa shape index (κ2) is 11.8. The van der Waals surface area contributed by atoms with Crippen LogP contribution in [0.1, 0.15) is 41.4 Å². The molecule has 4 aromatic rings. The smallest absolute Gasteiger partial charge is 0.243 e. The zero-order valence-electron chi connectivity index (χ0n) is 24.7. The van der Waals surface area contributed by atoms with E-state index in [0.29, 0.717) is 22.9 Å². The zero-order valence-corrected chi connectivity index (χ0v) is 25.5. The Hall–Kier alpha value is -5.95. The Bertz CT molecular complexity index is 2030. The second-order valence-electron chi connectivity index (χ2n) is 10.7. The lowest BCUT2D eigenvalue weighted by Crippen LogP contribution is -2.31. The van der Waals surface area contributed by atoms with Gasteiger partial charge >= 0.3 is 0 Å². The Morgan fingerprint density at radius 2 is 0.936 bits per heavy atom. The summed E-state index contributed by atoms with van der Waals surface area (Å²) in [6.07, 6.45) is 0. The maximum atomic E-state index is 13.7. The Labute approximate surface area is 267 Å². The van der Waals surface area contributed by atoms with Gasteiger partial charge in [-0.3, -0.25) is 28.8 Å². The second-order valence-corrected chi connectivity index (χ2v) is 12.6. The Balaban J connectivity index is 1.24. The van der Waals surface area contributed by atoms with Crippen LogP contribution in [0.3, 0.4) is 0 Å². The Morgan fingerprint density at radius 1 is 0.553 bits per heavy atom. The zero-order chi connectivity index (χ0) is 33.6. The Kier molecular flexibility index (Phi) is 7.77. The van der Waals surface area contributed by atoms with Gasteiger partial charge in [0, 0.05) is 45.8 Å². The summed E-state index contributed by atoms with van der Waals surface area (Å²) in [4.78, 5) is 77.8. The molecule has 4 aromatic carbocycles. The monoisotopic (exact) mass is 652 g/mol. The normalized spacial score (nSPS) is 16.8. The van der Waals surface area contributed by atoms with Crippen molar-refractivity contribution in [2.75, 3.05) is 24.9 Å². The van der Waals surface area contributed by atoms with Gasteiger partial charge in [0.05, 0.1) is 24.0 Å². The van der Waals surface area contributed by atoms with E-state index in [1.54, 1.807) is 36.4 Å². The number of anilines is 2. The molecule has 47 heavy (non-hydrogen) atoms. The van der Waals surface area contributed by atoms with E-state index in [1.165, 1.54) is 26.4 Å². The van der Waals surface area contributed by atoms with Gasteiger partial charge < -0.3 is 20.1 Å². The van der Waals surface area contributed by atoms with E-state index in [2.05, 4.69) is 10.6 Å². The molecule has 0 aliphatic heterocycles. The highest BCUT2D eigenvalue weighted by Crippen LogP contribution is 2.35. The minimum Gasteiger partial charge on any atom is -0.497 e. The Morgan fingerprint density at radius 3 is 1.32 bits per heavy atom. The van der Waals surface area contributed by atoms with Gasteiger partial charge in [0.15, 0.2) is 35.0 Å². The molecule has 0 heterocycles. The van der Waals surface area contributed by atoms with Crippen molar-refractivity contribution in [1.29, 1.82) is 0 Å². The van der Waals surface area contributed by atoms with Crippen LogP contribution in [0.15, 0.2) is 94.7 Å². The summed E-state index contributed by atoms with van der Waals surface area (Å²) in [6.45, 7) is 0. The number of sulfone groups is 1. The van der Waals surface area contributed by atoms with Gasteiger partial charge in [0.2, 0.25) is 21.7 Å². The van der Waals surface area contributed by atoms with E-state index < -0.39 is 56.6 Å². The van der Waals surface area contributed by atoms with Gasteiger partial charge in [-0.2, -0.15) is 0 Å². The van der Waals surface area contributed by atoms with E-state index in [0.717, 1.165) is 36.4 Å². The molecule has 2 aliphatic rings. The molecule has 2 amide bonds. The first kappa shape index (κ1) is 31.0. The van der Waals surface area contributed by atoms with Crippen LogP contribution in [0.25, 0.3) is 0 Å².